The summed E-state index contributed by atoms with van der Waals surface area (Å²) in [6.07, 6.45) is 1.62. The Hall–Kier alpha value is -3.48. The lowest BCUT2D eigenvalue weighted by Crippen LogP contribution is -2.30. The molecule has 0 spiro atoms. The van der Waals surface area contributed by atoms with Crippen molar-refractivity contribution >= 4 is 17.4 Å². The number of ether oxygens (including phenoxy) is 3. The van der Waals surface area contributed by atoms with Crippen molar-refractivity contribution in [2.24, 2.45) is 0 Å². The van der Waals surface area contributed by atoms with E-state index in [1.807, 2.05) is 13.0 Å². The summed E-state index contributed by atoms with van der Waals surface area (Å²) < 4.78 is 16.5. The molecule has 0 bridgehead atoms. The molecule has 2 aromatic carbocycles. The van der Waals surface area contributed by atoms with Gasteiger partial charge in [0.2, 0.25) is 0 Å². The fraction of sp³-hybridized carbons (Fsp3) is 0.333. The zero-order valence-electron chi connectivity index (χ0n) is 17.6. The maximum atomic E-state index is 13.0. The first kappa shape index (κ1) is 20.8. The molecule has 2 aromatic rings. The van der Waals surface area contributed by atoms with Gasteiger partial charge in [-0.05, 0) is 48.4 Å². The summed E-state index contributed by atoms with van der Waals surface area (Å²) in [5, 5.41) is 11.1. The number of amides is 1. The number of carbonyl (C=O) groups excluding carboxylic acids is 2. The van der Waals surface area contributed by atoms with Gasteiger partial charge in [0.05, 0.1) is 18.7 Å². The van der Waals surface area contributed by atoms with Crippen LogP contribution in [-0.4, -0.2) is 48.6 Å². The third-order valence-electron chi connectivity index (χ3n) is 5.54. The number of hydrogen-bond donors (Lipinski definition) is 1. The van der Waals surface area contributed by atoms with E-state index >= 15 is 0 Å². The van der Waals surface area contributed by atoms with Crippen molar-refractivity contribution in [3.63, 3.8) is 0 Å². The fourth-order valence-corrected chi connectivity index (χ4v) is 3.92. The van der Waals surface area contributed by atoms with Crippen LogP contribution < -0.4 is 14.2 Å². The van der Waals surface area contributed by atoms with Gasteiger partial charge < -0.3 is 24.2 Å². The minimum Gasteiger partial charge on any atom is -0.507 e. The summed E-state index contributed by atoms with van der Waals surface area (Å²) in [5.41, 5.74) is 1.20. The first-order valence-corrected chi connectivity index (χ1v) is 10.4. The van der Waals surface area contributed by atoms with Crippen molar-refractivity contribution in [3.05, 3.63) is 59.2 Å². The molecular weight excluding hydrogens is 398 g/mol. The highest BCUT2D eigenvalue weighted by atomic mass is 16.6. The normalized spacial score (nSPS) is 19.5. The second-order valence-corrected chi connectivity index (χ2v) is 7.48. The maximum absolute atomic E-state index is 13.0. The molecule has 4 rings (SSSR count). The number of hydrogen-bond acceptors (Lipinski definition) is 6. The van der Waals surface area contributed by atoms with Crippen molar-refractivity contribution < 1.29 is 28.9 Å². The lowest BCUT2D eigenvalue weighted by molar-refractivity contribution is -0.139. The van der Waals surface area contributed by atoms with Gasteiger partial charge in [-0.15, -0.1) is 0 Å². The molecule has 0 saturated carbocycles. The Kier molecular flexibility index (Phi) is 5.84. The quantitative estimate of drug-likeness (QED) is 0.433. The zero-order valence-corrected chi connectivity index (χ0v) is 17.6. The molecule has 2 heterocycles. The number of benzene rings is 2. The van der Waals surface area contributed by atoms with Gasteiger partial charge in [-0.2, -0.15) is 0 Å². The largest absolute Gasteiger partial charge is 0.507 e. The van der Waals surface area contributed by atoms with Crippen LogP contribution in [0.4, 0.5) is 0 Å². The molecule has 1 N–H and O–H groups in total. The molecule has 2 aliphatic heterocycles. The monoisotopic (exact) mass is 423 g/mol. The van der Waals surface area contributed by atoms with Gasteiger partial charge in [0.1, 0.15) is 24.7 Å². The number of likely N-dealkylation sites (tertiary alicyclic amines) is 1. The highest BCUT2D eigenvalue weighted by molar-refractivity contribution is 6.46. The number of carbonyl (C=O) groups is 2. The van der Waals surface area contributed by atoms with Crippen LogP contribution in [0, 0.1) is 0 Å². The molecule has 1 fully saturated rings. The topological polar surface area (TPSA) is 85.3 Å². The van der Waals surface area contributed by atoms with Gasteiger partial charge in [-0.25, -0.2) is 0 Å². The third-order valence-corrected chi connectivity index (χ3v) is 5.54. The van der Waals surface area contributed by atoms with Gasteiger partial charge in [0, 0.05) is 12.1 Å². The minimum absolute atomic E-state index is 0.0722. The number of Topliss-reactive ketones (excluding diaryl/α,β-unsaturated/α-hetero) is 1. The highest BCUT2D eigenvalue weighted by Gasteiger charge is 2.46. The van der Waals surface area contributed by atoms with Gasteiger partial charge in [0.25, 0.3) is 11.7 Å². The van der Waals surface area contributed by atoms with E-state index in [-0.39, 0.29) is 11.3 Å². The maximum Gasteiger partial charge on any atom is 0.295 e. The summed E-state index contributed by atoms with van der Waals surface area (Å²) in [6.45, 7) is 3.34. The Bertz CT molecular complexity index is 1030. The van der Waals surface area contributed by atoms with Gasteiger partial charge >= 0.3 is 0 Å². The Morgan fingerprint density at radius 1 is 1.10 bits per heavy atom. The average molecular weight is 423 g/mol. The second-order valence-electron chi connectivity index (χ2n) is 7.48. The first-order chi connectivity index (χ1) is 15.0. The van der Waals surface area contributed by atoms with Crippen LogP contribution in [-0.2, 0) is 9.59 Å². The molecule has 1 atom stereocenters. The van der Waals surface area contributed by atoms with E-state index in [1.54, 1.807) is 43.5 Å². The van der Waals surface area contributed by atoms with Crippen LogP contribution in [0.25, 0.3) is 5.76 Å². The molecule has 0 aromatic heterocycles. The minimum atomic E-state index is -0.704. The Morgan fingerprint density at radius 3 is 2.48 bits per heavy atom. The van der Waals surface area contributed by atoms with E-state index in [4.69, 9.17) is 14.2 Å². The average Bonchev–Trinajstić information content (AvgIpc) is 3.06. The molecule has 0 aliphatic carbocycles. The number of nitrogens with zero attached hydrogens (tertiary/aromatic N) is 1. The van der Waals surface area contributed by atoms with Crippen molar-refractivity contribution in [1.82, 2.24) is 4.90 Å². The summed E-state index contributed by atoms with van der Waals surface area (Å²) >= 11 is 0. The number of aliphatic hydroxyl groups is 1. The Morgan fingerprint density at radius 2 is 1.81 bits per heavy atom. The first-order valence-electron chi connectivity index (χ1n) is 10.4. The fourth-order valence-electron chi connectivity index (χ4n) is 3.92. The van der Waals surface area contributed by atoms with E-state index in [9.17, 15) is 14.7 Å². The van der Waals surface area contributed by atoms with Crippen LogP contribution in [0.5, 0.6) is 17.2 Å². The lowest BCUT2D eigenvalue weighted by atomic mass is 9.94. The molecule has 1 unspecified atom stereocenters. The highest BCUT2D eigenvalue weighted by Crippen LogP contribution is 2.42. The summed E-state index contributed by atoms with van der Waals surface area (Å²) in [6, 6.07) is 11.4. The number of unbranched alkanes of at least 4 members (excludes halogenated alkanes) is 1. The number of rotatable bonds is 6. The van der Waals surface area contributed by atoms with Crippen molar-refractivity contribution in [3.8, 4) is 17.2 Å². The van der Waals surface area contributed by atoms with E-state index in [2.05, 4.69) is 0 Å². The molecule has 162 valence electrons. The van der Waals surface area contributed by atoms with Gasteiger partial charge in [-0.3, -0.25) is 9.59 Å². The summed E-state index contributed by atoms with van der Waals surface area (Å²) in [4.78, 5) is 27.4. The molecular formula is C24H25NO6. The van der Waals surface area contributed by atoms with Crippen LogP contribution in [0.1, 0.15) is 36.9 Å². The van der Waals surface area contributed by atoms with Crippen LogP contribution in [0.3, 0.4) is 0 Å². The molecule has 31 heavy (non-hydrogen) atoms. The van der Waals surface area contributed by atoms with Gasteiger partial charge in [0.15, 0.2) is 11.5 Å². The third kappa shape index (κ3) is 3.83. The predicted octanol–water partition coefficient (Wildman–Crippen LogP) is 3.69. The van der Waals surface area contributed by atoms with Crippen LogP contribution >= 0.6 is 0 Å². The number of aliphatic hydroxyl groups excluding tert-OH is 1. The predicted molar refractivity (Wildman–Crippen MR) is 114 cm³/mol. The summed E-state index contributed by atoms with van der Waals surface area (Å²) in [5.74, 6) is 0.306. The zero-order chi connectivity index (χ0) is 22.0. The van der Waals surface area contributed by atoms with Crippen LogP contribution in [0.2, 0.25) is 0 Å². The van der Waals surface area contributed by atoms with Crippen molar-refractivity contribution in [2.75, 3.05) is 26.9 Å². The molecule has 2 aliphatic rings. The van der Waals surface area contributed by atoms with Crippen molar-refractivity contribution in [1.29, 1.82) is 0 Å². The Balaban J connectivity index is 1.82. The van der Waals surface area contributed by atoms with Crippen molar-refractivity contribution in [2.45, 2.75) is 25.8 Å². The summed E-state index contributed by atoms with van der Waals surface area (Å²) in [7, 11) is 1.55. The van der Waals surface area contributed by atoms with E-state index in [0.29, 0.717) is 48.1 Å². The standard InChI is InChI=1S/C24H25NO6/c1-3-4-11-25-21(16-7-10-18-19(14-16)31-13-12-30-18)20(23(27)24(25)28)22(26)15-5-8-17(29-2)9-6-15/h5-10,14,21,26H,3-4,11-13H2,1-2H3/b22-20-. The number of fused-ring (bicyclic) bond motifs is 1. The molecule has 1 saturated heterocycles. The molecule has 1 amide bonds. The smallest absolute Gasteiger partial charge is 0.295 e. The lowest BCUT2D eigenvalue weighted by Gasteiger charge is -2.27. The molecule has 0 radical (unpaired) electrons. The molecule has 7 nitrogen and oxygen atoms in total. The van der Waals surface area contributed by atoms with Crippen LogP contribution in [0.15, 0.2) is 48.0 Å². The van der Waals surface area contributed by atoms with E-state index in [0.717, 1.165) is 12.8 Å². The van der Waals surface area contributed by atoms with E-state index < -0.39 is 17.7 Å². The number of methoxy groups -OCH3 is 1. The second kappa shape index (κ2) is 8.71. The van der Waals surface area contributed by atoms with Gasteiger partial charge in [-0.1, -0.05) is 19.4 Å². The van der Waals surface area contributed by atoms with E-state index in [1.165, 1.54) is 4.90 Å². The molecule has 7 heteroatoms. The number of ketones is 1. The SMILES string of the molecule is CCCCN1C(=O)C(=O)/C(=C(\O)c2ccc(OC)cc2)C1c1ccc2c(c1)OCCO2. The Labute approximate surface area is 180 Å².